The second-order valence-corrected chi connectivity index (χ2v) is 4.48. The minimum atomic E-state index is 0.140. The largest absolute Gasteiger partial charge is 0.330 e. The lowest BCUT2D eigenvalue weighted by molar-refractivity contribution is -0.123. The number of hydrogen-bond donors (Lipinski definition) is 1. The summed E-state index contributed by atoms with van der Waals surface area (Å²) in [6, 6.07) is 0. The Morgan fingerprint density at radius 2 is 2.44 bits per heavy atom. The van der Waals surface area contributed by atoms with Crippen LogP contribution in [0.2, 0.25) is 0 Å². The summed E-state index contributed by atoms with van der Waals surface area (Å²) in [4.78, 5) is 16.2. The van der Waals surface area contributed by atoms with E-state index >= 15 is 0 Å². The molecule has 1 aromatic heterocycles. The molecule has 2 atom stereocenters. The van der Waals surface area contributed by atoms with Gasteiger partial charge in [0, 0.05) is 13.0 Å². The Kier molecular flexibility index (Phi) is 3.33. The first kappa shape index (κ1) is 11.3. The quantitative estimate of drug-likeness (QED) is 0.795. The zero-order valence-electron chi connectivity index (χ0n) is 9.59. The fourth-order valence-corrected chi connectivity index (χ4v) is 2.51. The maximum atomic E-state index is 12.1. The minimum Gasteiger partial charge on any atom is -0.330 e. The molecule has 0 spiro atoms. The number of rotatable bonds is 4. The van der Waals surface area contributed by atoms with E-state index in [1.807, 2.05) is 7.05 Å². The van der Waals surface area contributed by atoms with Crippen LogP contribution in [0.25, 0.3) is 0 Å². The van der Waals surface area contributed by atoms with Gasteiger partial charge in [-0.15, -0.1) is 0 Å². The molecule has 1 aliphatic carbocycles. The molecule has 0 amide bonds. The van der Waals surface area contributed by atoms with E-state index in [4.69, 9.17) is 5.73 Å². The van der Waals surface area contributed by atoms with Crippen molar-refractivity contribution >= 4 is 5.78 Å². The number of carbonyl (C=O) groups excluding carboxylic acids is 1. The molecule has 1 aromatic rings. The SMILES string of the molecule is Cn1ncnc1CC(=O)C1CCCC1CN. The second kappa shape index (κ2) is 4.74. The predicted octanol–water partition coefficient (Wildman–Crippen LogP) is 0.302. The summed E-state index contributed by atoms with van der Waals surface area (Å²) in [5.74, 6) is 1.53. The van der Waals surface area contributed by atoms with Gasteiger partial charge in [0.2, 0.25) is 0 Å². The van der Waals surface area contributed by atoms with Crippen LogP contribution < -0.4 is 5.73 Å². The van der Waals surface area contributed by atoms with Gasteiger partial charge >= 0.3 is 0 Å². The Balaban J connectivity index is 2.00. The van der Waals surface area contributed by atoms with E-state index in [-0.39, 0.29) is 11.7 Å². The van der Waals surface area contributed by atoms with Gasteiger partial charge in [-0.05, 0) is 25.3 Å². The van der Waals surface area contributed by atoms with Crippen molar-refractivity contribution in [3.05, 3.63) is 12.2 Å². The molecule has 5 nitrogen and oxygen atoms in total. The van der Waals surface area contributed by atoms with Gasteiger partial charge in [-0.2, -0.15) is 5.10 Å². The highest BCUT2D eigenvalue weighted by atomic mass is 16.1. The third-order valence-electron chi connectivity index (χ3n) is 3.51. The number of ketones is 1. The Morgan fingerprint density at radius 3 is 3.06 bits per heavy atom. The molecule has 0 aliphatic heterocycles. The maximum Gasteiger partial charge on any atom is 0.143 e. The van der Waals surface area contributed by atoms with Crippen LogP contribution in [0.15, 0.2) is 6.33 Å². The molecule has 88 valence electrons. The van der Waals surface area contributed by atoms with Crippen LogP contribution in [0, 0.1) is 11.8 Å². The molecule has 0 saturated heterocycles. The Bertz CT molecular complexity index is 374. The van der Waals surface area contributed by atoms with Gasteiger partial charge in [-0.25, -0.2) is 4.98 Å². The summed E-state index contributed by atoms with van der Waals surface area (Å²) in [6.07, 6.45) is 5.07. The third-order valence-corrected chi connectivity index (χ3v) is 3.51. The zero-order chi connectivity index (χ0) is 11.5. The molecule has 16 heavy (non-hydrogen) atoms. The van der Waals surface area contributed by atoms with E-state index in [9.17, 15) is 4.79 Å². The summed E-state index contributed by atoms with van der Waals surface area (Å²) in [5.41, 5.74) is 5.68. The van der Waals surface area contributed by atoms with Crippen molar-refractivity contribution in [1.82, 2.24) is 14.8 Å². The fourth-order valence-electron chi connectivity index (χ4n) is 2.51. The molecule has 5 heteroatoms. The highest BCUT2D eigenvalue weighted by molar-refractivity contribution is 5.83. The second-order valence-electron chi connectivity index (χ2n) is 4.48. The lowest BCUT2D eigenvalue weighted by Crippen LogP contribution is -2.27. The summed E-state index contributed by atoms with van der Waals surface area (Å²) < 4.78 is 1.66. The van der Waals surface area contributed by atoms with Crippen LogP contribution in [-0.4, -0.2) is 27.1 Å². The molecule has 0 aromatic carbocycles. The normalized spacial score (nSPS) is 24.9. The number of aromatic nitrogens is 3. The van der Waals surface area contributed by atoms with Crippen LogP contribution in [0.4, 0.5) is 0 Å². The molecule has 2 rings (SSSR count). The van der Waals surface area contributed by atoms with Crippen LogP contribution >= 0.6 is 0 Å². The molecule has 1 aliphatic rings. The lowest BCUT2D eigenvalue weighted by Gasteiger charge is -2.15. The lowest BCUT2D eigenvalue weighted by atomic mass is 9.90. The Labute approximate surface area is 95.0 Å². The van der Waals surface area contributed by atoms with Gasteiger partial charge in [0.05, 0.1) is 6.42 Å². The Morgan fingerprint density at radius 1 is 1.62 bits per heavy atom. The molecule has 1 fully saturated rings. The summed E-state index contributed by atoms with van der Waals surface area (Å²) in [5, 5.41) is 3.96. The molecule has 1 saturated carbocycles. The molecule has 0 bridgehead atoms. The topological polar surface area (TPSA) is 73.8 Å². The van der Waals surface area contributed by atoms with Crippen molar-refractivity contribution in [1.29, 1.82) is 0 Å². The van der Waals surface area contributed by atoms with E-state index in [1.54, 1.807) is 4.68 Å². The van der Waals surface area contributed by atoms with Gasteiger partial charge in [0.1, 0.15) is 17.9 Å². The maximum absolute atomic E-state index is 12.1. The van der Waals surface area contributed by atoms with Gasteiger partial charge < -0.3 is 5.73 Å². The van der Waals surface area contributed by atoms with E-state index in [2.05, 4.69) is 10.1 Å². The smallest absolute Gasteiger partial charge is 0.143 e. The van der Waals surface area contributed by atoms with Gasteiger partial charge in [-0.3, -0.25) is 9.48 Å². The van der Waals surface area contributed by atoms with Crippen LogP contribution in [-0.2, 0) is 18.3 Å². The number of nitrogens with zero attached hydrogens (tertiary/aromatic N) is 3. The van der Waals surface area contributed by atoms with Crippen LogP contribution in [0.1, 0.15) is 25.1 Å². The number of nitrogens with two attached hydrogens (primary N) is 1. The van der Waals surface area contributed by atoms with Crippen LogP contribution in [0.5, 0.6) is 0 Å². The van der Waals surface area contributed by atoms with E-state index in [0.29, 0.717) is 18.9 Å². The fraction of sp³-hybridized carbons (Fsp3) is 0.727. The van der Waals surface area contributed by atoms with Crippen LogP contribution in [0.3, 0.4) is 0 Å². The van der Waals surface area contributed by atoms with Crippen molar-refractivity contribution in [2.45, 2.75) is 25.7 Å². The van der Waals surface area contributed by atoms with Crippen molar-refractivity contribution in [3.63, 3.8) is 0 Å². The van der Waals surface area contributed by atoms with Crippen molar-refractivity contribution in [2.24, 2.45) is 24.6 Å². The van der Waals surface area contributed by atoms with E-state index in [1.165, 1.54) is 6.33 Å². The molecular weight excluding hydrogens is 204 g/mol. The number of carbonyl (C=O) groups is 1. The first-order valence-electron chi connectivity index (χ1n) is 5.78. The summed E-state index contributed by atoms with van der Waals surface area (Å²) in [7, 11) is 1.81. The number of aryl methyl sites for hydroxylation is 1. The average molecular weight is 222 g/mol. The van der Waals surface area contributed by atoms with Crippen molar-refractivity contribution < 1.29 is 4.79 Å². The average Bonchev–Trinajstić information content (AvgIpc) is 2.87. The molecule has 1 heterocycles. The highest BCUT2D eigenvalue weighted by Crippen LogP contribution is 2.32. The van der Waals surface area contributed by atoms with Crippen molar-refractivity contribution in [3.8, 4) is 0 Å². The monoisotopic (exact) mass is 222 g/mol. The van der Waals surface area contributed by atoms with Gasteiger partial charge in [0.15, 0.2) is 0 Å². The molecule has 2 unspecified atom stereocenters. The summed E-state index contributed by atoms with van der Waals surface area (Å²) in [6.45, 7) is 0.620. The molecular formula is C11H18N4O. The Hall–Kier alpha value is -1.23. The van der Waals surface area contributed by atoms with Gasteiger partial charge in [-0.1, -0.05) is 6.42 Å². The van der Waals surface area contributed by atoms with E-state index in [0.717, 1.165) is 25.1 Å². The number of Topliss-reactive ketones (excluding diaryl/α,β-unsaturated/α-hetero) is 1. The third kappa shape index (κ3) is 2.14. The standard InChI is InChI=1S/C11H18N4O/c1-15-11(13-7-14-15)5-10(16)9-4-2-3-8(9)6-12/h7-9H,2-6,12H2,1H3. The first-order valence-corrected chi connectivity index (χ1v) is 5.78. The number of hydrogen-bond acceptors (Lipinski definition) is 4. The predicted molar refractivity (Wildman–Crippen MR) is 59.6 cm³/mol. The highest BCUT2D eigenvalue weighted by Gasteiger charge is 2.32. The van der Waals surface area contributed by atoms with Gasteiger partial charge in [0.25, 0.3) is 0 Å². The van der Waals surface area contributed by atoms with E-state index < -0.39 is 0 Å². The molecule has 0 radical (unpaired) electrons. The minimum absolute atomic E-state index is 0.140. The summed E-state index contributed by atoms with van der Waals surface area (Å²) >= 11 is 0. The first-order chi connectivity index (χ1) is 7.72. The zero-order valence-corrected chi connectivity index (χ0v) is 9.59. The molecule has 2 N–H and O–H groups in total. The van der Waals surface area contributed by atoms with Crippen molar-refractivity contribution in [2.75, 3.05) is 6.54 Å².